The predicted octanol–water partition coefficient (Wildman–Crippen LogP) is 3.29. The largest absolute Gasteiger partial charge is 0.371 e. The van der Waals surface area contributed by atoms with Gasteiger partial charge in [0.05, 0.1) is 22.2 Å². The van der Waals surface area contributed by atoms with E-state index in [0.29, 0.717) is 17.8 Å². The number of carbonyl (C=O) groups is 2. The van der Waals surface area contributed by atoms with Crippen LogP contribution in [0.4, 0.5) is 17.1 Å². The third-order valence-corrected chi connectivity index (χ3v) is 6.39. The number of likely N-dealkylation sites (tertiary alicyclic amines) is 1. The summed E-state index contributed by atoms with van der Waals surface area (Å²) in [6, 6.07) is 11.7. The van der Waals surface area contributed by atoms with Crippen LogP contribution < -0.4 is 16.0 Å². The van der Waals surface area contributed by atoms with E-state index in [4.69, 9.17) is 5.73 Å². The maximum Gasteiger partial charge on any atom is 0.270 e. The molecule has 2 fully saturated rings. The van der Waals surface area contributed by atoms with Gasteiger partial charge in [0.15, 0.2) is 0 Å². The average Bonchev–Trinajstić information content (AvgIpc) is 3.28. The SMILES string of the molecule is NC(=O)C1CCCN1Cc1cccc(NC(=O)c2cc([N+](=O)[O-])ccc2N2CCCCC2)c1. The minimum absolute atomic E-state index is 0.110. The number of nitro groups is 1. The second-order valence-corrected chi connectivity index (χ2v) is 8.69. The fourth-order valence-corrected chi connectivity index (χ4v) is 4.75. The predicted molar refractivity (Wildman–Crippen MR) is 126 cm³/mol. The van der Waals surface area contributed by atoms with E-state index >= 15 is 0 Å². The molecule has 2 amide bonds. The van der Waals surface area contributed by atoms with Gasteiger partial charge in [0.1, 0.15) is 0 Å². The molecular formula is C24H29N5O4. The molecule has 4 rings (SSSR count). The molecule has 0 spiro atoms. The minimum Gasteiger partial charge on any atom is -0.371 e. The first-order valence-electron chi connectivity index (χ1n) is 11.4. The Balaban J connectivity index is 1.54. The van der Waals surface area contributed by atoms with Crippen molar-refractivity contribution in [3.05, 3.63) is 63.7 Å². The van der Waals surface area contributed by atoms with Crippen LogP contribution in [0.15, 0.2) is 42.5 Å². The lowest BCUT2D eigenvalue weighted by Gasteiger charge is -2.30. The number of amides is 2. The number of nitrogens with zero attached hydrogens (tertiary/aromatic N) is 3. The van der Waals surface area contributed by atoms with Crippen molar-refractivity contribution in [1.82, 2.24) is 4.90 Å². The van der Waals surface area contributed by atoms with E-state index in [-0.39, 0.29) is 23.5 Å². The minimum atomic E-state index is -0.484. The Morgan fingerprint density at radius 2 is 1.85 bits per heavy atom. The van der Waals surface area contributed by atoms with Crippen molar-refractivity contribution in [2.75, 3.05) is 29.9 Å². The topological polar surface area (TPSA) is 122 Å². The zero-order valence-corrected chi connectivity index (χ0v) is 18.5. The number of rotatable bonds is 7. The van der Waals surface area contributed by atoms with Gasteiger partial charge in [0.25, 0.3) is 11.6 Å². The number of anilines is 2. The summed E-state index contributed by atoms with van der Waals surface area (Å²) in [5.74, 6) is -0.694. The highest BCUT2D eigenvalue weighted by Crippen LogP contribution is 2.29. The molecule has 0 radical (unpaired) electrons. The van der Waals surface area contributed by atoms with Crippen molar-refractivity contribution < 1.29 is 14.5 Å². The third-order valence-electron chi connectivity index (χ3n) is 6.39. The number of non-ortho nitro benzene ring substituents is 1. The summed E-state index contributed by atoms with van der Waals surface area (Å²) in [7, 11) is 0. The Morgan fingerprint density at radius 1 is 1.06 bits per heavy atom. The van der Waals surface area contributed by atoms with Crippen molar-refractivity contribution in [3.8, 4) is 0 Å². The van der Waals surface area contributed by atoms with Crippen molar-refractivity contribution in [2.24, 2.45) is 5.73 Å². The summed E-state index contributed by atoms with van der Waals surface area (Å²) in [5.41, 5.74) is 7.98. The van der Waals surface area contributed by atoms with Crippen LogP contribution in [0.3, 0.4) is 0 Å². The highest BCUT2D eigenvalue weighted by molar-refractivity contribution is 6.08. The molecule has 2 aromatic carbocycles. The van der Waals surface area contributed by atoms with E-state index in [1.54, 1.807) is 12.1 Å². The fraction of sp³-hybridized carbons (Fsp3) is 0.417. The molecule has 0 saturated carbocycles. The standard InChI is InChI=1S/C24H29N5O4/c25-23(30)22-8-5-13-28(22)16-17-6-4-7-18(14-17)26-24(31)20-15-19(29(32)33)9-10-21(20)27-11-2-1-3-12-27/h4,6-7,9-10,14-15,22H,1-3,5,8,11-13,16H2,(H2,25,30)(H,26,31). The number of nitrogens with two attached hydrogens (primary N) is 1. The van der Waals surface area contributed by atoms with Crippen LogP contribution in [0.25, 0.3) is 0 Å². The number of nitro benzene ring substituents is 1. The van der Waals surface area contributed by atoms with Crippen LogP contribution in [0.1, 0.15) is 48.0 Å². The van der Waals surface area contributed by atoms with Gasteiger partial charge in [0.2, 0.25) is 5.91 Å². The molecule has 0 aliphatic carbocycles. The van der Waals surface area contributed by atoms with E-state index < -0.39 is 4.92 Å². The fourth-order valence-electron chi connectivity index (χ4n) is 4.75. The van der Waals surface area contributed by atoms with Gasteiger partial charge in [-0.3, -0.25) is 24.6 Å². The van der Waals surface area contributed by atoms with Gasteiger partial charge >= 0.3 is 0 Å². The number of primary amides is 1. The molecule has 1 atom stereocenters. The Morgan fingerprint density at radius 3 is 2.58 bits per heavy atom. The maximum absolute atomic E-state index is 13.2. The third kappa shape index (κ3) is 5.31. The summed E-state index contributed by atoms with van der Waals surface area (Å²) >= 11 is 0. The second-order valence-electron chi connectivity index (χ2n) is 8.69. The summed E-state index contributed by atoms with van der Waals surface area (Å²) in [6.45, 7) is 3.01. The molecule has 3 N–H and O–H groups in total. The number of carbonyl (C=O) groups excluding carboxylic acids is 2. The van der Waals surface area contributed by atoms with Crippen molar-refractivity contribution in [3.63, 3.8) is 0 Å². The van der Waals surface area contributed by atoms with Crippen molar-refractivity contribution >= 4 is 28.9 Å². The first-order valence-corrected chi connectivity index (χ1v) is 11.4. The lowest BCUT2D eigenvalue weighted by molar-refractivity contribution is -0.384. The second kappa shape index (κ2) is 9.99. The molecule has 2 saturated heterocycles. The van der Waals surface area contributed by atoms with E-state index in [1.165, 1.54) is 12.1 Å². The highest BCUT2D eigenvalue weighted by atomic mass is 16.6. The normalized spacial score (nSPS) is 18.8. The quantitative estimate of drug-likeness (QED) is 0.492. The van der Waals surface area contributed by atoms with Gasteiger partial charge in [0, 0.05) is 37.5 Å². The molecule has 2 aromatic rings. The van der Waals surface area contributed by atoms with E-state index in [9.17, 15) is 19.7 Å². The number of hydrogen-bond donors (Lipinski definition) is 2. The van der Waals surface area contributed by atoms with Crippen LogP contribution in [0.2, 0.25) is 0 Å². The zero-order valence-electron chi connectivity index (χ0n) is 18.5. The van der Waals surface area contributed by atoms with Gasteiger partial charge in [-0.25, -0.2) is 0 Å². The highest BCUT2D eigenvalue weighted by Gasteiger charge is 2.29. The van der Waals surface area contributed by atoms with Crippen LogP contribution in [0.5, 0.6) is 0 Å². The van der Waals surface area contributed by atoms with E-state index in [1.807, 2.05) is 18.2 Å². The van der Waals surface area contributed by atoms with Gasteiger partial charge in [-0.15, -0.1) is 0 Å². The number of benzene rings is 2. The first kappa shape index (κ1) is 22.7. The Bertz CT molecular complexity index is 1050. The first-order chi connectivity index (χ1) is 15.9. The average molecular weight is 452 g/mol. The van der Waals surface area contributed by atoms with Gasteiger partial charge in [-0.05, 0) is 62.4 Å². The maximum atomic E-state index is 13.2. The Hall–Kier alpha value is -3.46. The monoisotopic (exact) mass is 451 g/mol. The molecule has 0 aromatic heterocycles. The number of nitrogens with one attached hydrogen (secondary N) is 1. The van der Waals surface area contributed by atoms with Gasteiger partial charge < -0.3 is 16.0 Å². The molecule has 2 aliphatic rings. The molecule has 174 valence electrons. The van der Waals surface area contributed by atoms with E-state index in [0.717, 1.165) is 63.0 Å². The van der Waals surface area contributed by atoms with Crippen LogP contribution in [0, 0.1) is 10.1 Å². The molecule has 0 bridgehead atoms. The molecule has 2 heterocycles. The molecular weight excluding hydrogens is 422 g/mol. The van der Waals surface area contributed by atoms with Gasteiger partial charge in [-0.2, -0.15) is 0 Å². The number of hydrogen-bond acceptors (Lipinski definition) is 6. The lowest BCUT2D eigenvalue weighted by Crippen LogP contribution is -2.39. The Labute approximate surface area is 192 Å². The zero-order chi connectivity index (χ0) is 23.4. The van der Waals surface area contributed by atoms with Crippen LogP contribution in [-0.4, -0.2) is 47.3 Å². The molecule has 9 heteroatoms. The molecule has 1 unspecified atom stereocenters. The number of piperidine rings is 1. The summed E-state index contributed by atoms with van der Waals surface area (Å²) in [6.07, 6.45) is 4.89. The van der Waals surface area contributed by atoms with Crippen molar-refractivity contribution in [1.29, 1.82) is 0 Å². The van der Waals surface area contributed by atoms with Crippen molar-refractivity contribution in [2.45, 2.75) is 44.7 Å². The summed E-state index contributed by atoms with van der Waals surface area (Å²) < 4.78 is 0. The van der Waals surface area contributed by atoms with Gasteiger partial charge in [-0.1, -0.05) is 12.1 Å². The molecule has 33 heavy (non-hydrogen) atoms. The van der Waals surface area contributed by atoms with E-state index in [2.05, 4.69) is 15.1 Å². The summed E-state index contributed by atoms with van der Waals surface area (Å²) in [4.78, 5) is 39.9. The summed E-state index contributed by atoms with van der Waals surface area (Å²) in [5, 5.41) is 14.2. The lowest BCUT2D eigenvalue weighted by atomic mass is 10.1. The van der Waals surface area contributed by atoms with Crippen LogP contribution in [-0.2, 0) is 11.3 Å². The molecule has 9 nitrogen and oxygen atoms in total. The molecule has 2 aliphatic heterocycles. The Kier molecular flexibility index (Phi) is 6.88. The smallest absolute Gasteiger partial charge is 0.270 e. The van der Waals surface area contributed by atoms with Crippen LogP contribution >= 0.6 is 0 Å².